The first kappa shape index (κ1) is 10.7. The molecular formula is C6H2ClF3N2O2. The Hall–Kier alpha value is -1.37. The minimum Gasteiger partial charge on any atom is -0.478 e. The number of carbonyl (C=O) groups is 1. The van der Waals surface area contributed by atoms with E-state index in [1.807, 2.05) is 0 Å². The summed E-state index contributed by atoms with van der Waals surface area (Å²) in [4.78, 5) is 16.3. The van der Waals surface area contributed by atoms with Gasteiger partial charge in [0.05, 0.1) is 0 Å². The highest BCUT2D eigenvalue weighted by atomic mass is 35.5. The largest absolute Gasteiger partial charge is 0.478 e. The van der Waals surface area contributed by atoms with Crippen LogP contribution in [-0.2, 0) is 6.18 Å². The van der Waals surface area contributed by atoms with Crippen LogP contribution in [0.5, 0.6) is 0 Å². The van der Waals surface area contributed by atoms with Crippen LogP contribution in [0.15, 0.2) is 6.20 Å². The van der Waals surface area contributed by atoms with E-state index in [0.717, 1.165) is 0 Å². The number of aromatic nitrogens is 2. The molecule has 1 N–H and O–H groups in total. The molecule has 1 aromatic heterocycles. The van der Waals surface area contributed by atoms with E-state index >= 15 is 0 Å². The van der Waals surface area contributed by atoms with E-state index in [9.17, 15) is 18.0 Å². The summed E-state index contributed by atoms with van der Waals surface area (Å²) in [5, 5.41) is 7.75. The van der Waals surface area contributed by atoms with Crippen molar-refractivity contribution in [1.29, 1.82) is 0 Å². The van der Waals surface area contributed by atoms with Crippen LogP contribution in [0, 0.1) is 0 Å². The van der Waals surface area contributed by atoms with Crippen LogP contribution in [-0.4, -0.2) is 21.0 Å². The maximum absolute atomic E-state index is 12.2. The smallest absolute Gasteiger partial charge is 0.434 e. The molecule has 1 heterocycles. The van der Waals surface area contributed by atoms with Crippen molar-refractivity contribution in [3.63, 3.8) is 0 Å². The maximum Gasteiger partial charge on any atom is 0.434 e. The Bertz CT molecular complexity index is 380. The number of hydrogen-bond donors (Lipinski definition) is 1. The third-order valence-corrected chi connectivity index (χ3v) is 1.44. The second-order valence-electron chi connectivity index (χ2n) is 2.20. The normalized spacial score (nSPS) is 11.4. The number of nitrogens with zero attached hydrogens (tertiary/aromatic N) is 2. The summed E-state index contributed by atoms with van der Waals surface area (Å²) in [5.41, 5.74) is -2.58. The summed E-state index contributed by atoms with van der Waals surface area (Å²) in [6.45, 7) is 0. The van der Waals surface area contributed by atoms with Gasteiger partial charge in [-0.05, 0) is 11.6 Å². The third kappa shape index (κ3) is 2.11. The lowest BCUT2D eigenvalue weighted by atomic mass is 10.2. The van der Waals surface area contributed by atoms with Crippen molar-refractivity contribution in [2.24, 2.45) is 0 Å². The van der Waals surface area contributed by atoms with Crippen LogP contribution >= 0.6 is 11.6 Å². The summed E-state index contributed by atoms with van der Waals surface area (Å²) in [6, 6.07) is 0. The Balaban J connectivity index is 3.38. The minimum absolute atomic E-state index is 0.514. The molecule has 0 atom stereocenters. The molecule has 4 nitrogen and oxygen atoms in total. The molecule has 76 valence electrons. The quantitative estimate of drug-likeness (QED) is 0.742. The third-order valence-electron chi connectivity index (χ3n) is 1.26. The maximum atomic E-state index is 12.2. The van der Waals surface area contributed by atoms with E-state index in [1.54, 1.807) is 0 Å². The molecule has 1 aromatic rings. The molecule has 0 aliphatic heterocycles. The highest BCUT2D eigenvalue weighted by molar-refractivity contribution is 6.28. The number of aromatic carboxylic acids is 1. The van der Waals surface area contributed by atoms with Gasteiger partial charge in [-0.3, -0.25) is 0 Å². The van der Waals surface area contributed by atoms with Crippen molar-refractivity contribution >= 4 is 17.6 Å². The van der Waals surface area contributed by atoms with Crippen molar-refractivity contribution in [2.45, 2.75) is 6.18 Å². The van der Waals surface area contributed by atoms with Crippen molar-refractivity contribution in [2.75, 3.05) is 0 Å². The zero-order chi connectivity index (χ0) is 10.9. The molecule has 0 aliphatic rings. The fraction of sp³-hybridized carbons (Fsp3) is 0.167. The van der Waals surface area contributed by atoms with Crippen LogP contribution in [0.1, 0.15) is 16.1 Å². The second-order valence-corrected chi connectivity index (χ2v) is 2.54. The van der Waals surface area contributed by atoms with Gasteiger partial charge in [0.2, 0.25) is 5.28 Å². The molecular weight excluding hydrogens is 225 g/mol. The van der Waals surface area contributed by atoms with Gasteiger partial charge >= 0.3 is 12.1 Å². The molecule has 0 aliphatic carbocycles. The number of carboxylic acid groups (broad SMARTS) is 1. The highest BCUT2D eigenvalue weighted by Crippen LogP contribution is 2.30. The van der Waals surface area contributed by atoms with Gasteiger partial charge in [-0.1, -0.05) is 0 Å². The predicted molar refractivity (Wildman–Crippen MR) is 39.0 cm³/mol. The highest BCUT2D eigenvalue weighted by Gasteiger charge is 2.38. The molecule has 0 unspecified atom stereocenters. The van der Waals surface area contributed by atoms with Crippen molar-refractivity contribution < 1.29 is 23.1 Å². The van der Waals surface area contributed by atoms with Gasteiger partial charge in [-0.15, -0.1) is 0 Å². The Morgan fingerprint density at radius 1 is 1.50 bits per heavy atom. The van der Waals surface area contributed by atoms with Gasteiger partial charge < -0.3 is 5.11 Å². The standard InChI is InChI=1S/C6H2ClF3N2O2/c7-5-11-1-2(4(13)14)3(12-5)6(8,9)10/h1H,(H,13,14). The second kappa shape index (κ2) is 3.41. The lowest BCUT2D eigenvalue weighted by Gasteiger charge is -2.07. The number of hydrogen-bond acceptors (Lipinski definition) is 3. The lowest BCUT2D eigenvalue weighted by Crippen LogP contribution is -2.16. The summed E-state index contributed by atoms with van der Waals surface area (Å²) in [6.07, 6.45) is -4.35. The van der Waals surface area contributed by atoms with Crippen LogP contribution < -0.4 is 0 Å². The first-order valence-corrected chi connectivity index (χ1v) is 3.53. The summed E-state index contributed by atoms with van der Waals surface area (Å²) in [7, 11) is 0. The average Bonchev–Trinajstić information content (AvgIpc) is 2.01. The van der Waals surface area contributed by atoms with Gasteiger partial charge in [0.25, 0.3) is 0 Å². The predicted octanol–water partition coefficient (Wildman–Crippen LogP) is 1.85. The monoisotopic (exact) mass is 226 g/mol. The first-order chi connectivity index (χ1) is 6.32. The van der Waals surface area contributed by atoms with E-state index in [4.69, 9.17) is 16.7 Å². The molecule has 0 amide bonds. The molecule has 0 saturated heterocycles. The Morgan fingerprint density at radius 2 is 2.07 bits per heavy atom. The zero-order valence-corrected chi connectivity index (χ0v) is 7.10. The van der Waals surface area contributed by atoms with Gasteiger partial charge in [0.1, 0.15) is 5.56 Å². The first-order valence-electron chi connectivity index (χ1n) is 3.15. The molecule has 0 aromatic carbocycles. The van der Waals surface area contributed by atoms with Crippen LogP contribution in [0.2, 0.25) is 5.28 Å². The summed E-state index contributed by atoms with van der Waals surface area (Å²) in [5.74, 6) is -1.76. The SMILES string of the molecule is O=C(O)c1cnc(Cl)nc1C(F)(F)F. The van der Waals surface area contributed by atoms with E-state index in [-0.39, 0.29) is 0 Å². The molecule has 0 saturated carbocycles. The molecule has 0 spiro atoms. The fourth-order valence-corrected chi connectivity index (χ4v) is 0.866. The Morgan fingerprint density at radius 3 is 2.50 bits per heavy atom. The van der Waals surface area contributed by atoms with Gasteiger partial charge in [-0.2, -0.15) is 13.2 Å². The summed E-state index contributed by atoms with van der Waals surface area (Å²) >= 11 is 5.11. The van der Waals surface area contributed by atoms with E-state index in [0.29, 0.717) is 6.20 Å². The van der Waals surface area contributed by atoms with Crippen molar-refractivity contribution in [1.82, 2.24) is 9.97 Å². The van der Waals surface area contributed by atoms with Crippen molar-refractivity contribution in [3.05, 3.63) is 22.7 Å². The Labute approximate surface area is 80.4 Å². The van der Waals surface area contributed by atoms with Crippen LogP contribution in [0.4, 0.5) is 13.2 Å². The molecule has 0 radical (unpaired) electrons. The fourth-order valence-electron chi connectivity index (χ4n) is 0.733. The number of carboxylic acids is 1. The lowest BCUT2D eigenvalue weighted by molar-refractivity contribution is -0.141. The van der Waals surface area contributed by atoms with Gasteiger partial charge in [0, 0.05) is 6.20 Å². The number of halogens is 4. The summed E-state index contributed by atoms with van der Waals surface area (Å²) < 4.78 is 36.5. The van der Waals surface area contributed by atoms with E-state index < -0.39 is 28.7 Å². The molecule has 1 rings (SSSR count). The zero-order valence-electron chi connectivity index (χ0n) is 6.34. The Kier molecular flexibility index (Phi) is 2.61. The van der Waals surface area contributed by atoms with Gasteiger partial charge in [0.15, 0.2) is 5.69 Å². The van der Waals surface area contributed by atoms with E-state index in [1.165, 1.54) is 0 Å². The van der Waals surface area contributed by atoms with Gasteiger partial charge in [-0.25, -0.2) is 14.8 Å². The van der Waals surface area contributed by atoms with Crippen LogP contribution in [0.3, 0.4) is 0 Å². The molecule has 8 heteroatoms. The number of rotatable bonds is 1. The van der Waals surface area contributed by atoms with E-state index in [2.05, 4.69) is 9.97 Å². The molecule has 14 heavy (non-hydrogen) atoms. The molecule has 0 bridgehead atoms. The topological polar surface area (TPSA) is 63.1 Å². The number of alkyl halides is 3. The molecule has 0 fully saturated rings. The van der Waals surface area contributed by atoms with Crippen molar-refractivity contribution in [3.8, 4) is 0 Å². The van der Waals surface area contributed by atoms with Crippen LogP contribution in [0.25, 0.3) is 0 Å². The minimum atomic E-state index is -4.86. The average molecular weight is 227 g/mol.